The van der Waals surface area contributed by atoms with Crippen molar-refractivity contribution in [2.24, 2.45) is 0 Å². The number of benzene rings is 2. The first kappa shape index (κ1) is 22.0. The number of hydrogen-bond donors (Lipinski definition) is 1. The van der Waals surface area contributed by atoms with Crippen molar-refractivity contribution in [1.29, 1.82) is 0 Å². The second-order valence-electron chi connectivity index (χ2n) is 9.55. The zero-order valence-corrected chi connectivity index (χ0v) is 20.7. The summed E-state index contributed by atoms with van der Waals surface area (Å²) in [5.74, 6) is -0.373. The molecule has 1 saturated carbocycles. The van der Waals surface area contributed by atoms with Gasteiger partial charge < -0.3 is 9.67 Å². The Morgan fingerprint density at radius 2 is 1.83 bits per heavy atom. The van der Waals surface area contributed by atoms with Crippen LogP contribution in [0.3, 0.4) is 0 Å². The van der Waals surface area contributed by atoms with Gasteiger partial charge >= 0.3 is 5.97 Å². The number of aryl methyl sites for hydroxylation is 2. The van der Waals surface area contributed by atoms with Gasteiger partial charge in [0.05, 0.1) is 37.9 Å². The average Bonchev–Trinajstić information content (AvgIpc) is 3.42. The van der Waals surface area contributed by atoms with Crippen LogP contribution in [0, 0.1) is 13.8 Å². The van der Waals surface area contributed by atoms with Gasteiger partial charge in [0.25, 0.3) is 0 Å². The Kier molecular flexibility index (Phi) is 5.41. The van der Waals surface area contributed by atoms with E-state index in [0.29, 0.717) is 11.5 Å². The third-order valence-corrected chi connectivity index (χ3v) is 8.31. The molecular formula is C29H27N3O2S. The van der Waals surface area contributed by atoms with Crippen LogP contribution in [0.1, 0.15) is 64.6 Å². The van der Waals surface area contributed by atoms with Crippen LogP contribution < -0.4 is 0 Å². The Hall–Kier alpha value is -3.51. The average molecular weight is 482 g/mol. The van der Waals surface area contributed by atoms with Gasteiger partial charge in [-0.05, 0) is 74.6 Å². The maximum Gasteiger partial charge on any atom is 0.335 e. The number of carbonyl (C=O) groups is 1. The van der Waals surface area contributed by atoms with Gasteiger partial charge in [-0.2, -0.15) is 0 Å². The van der Waals surface area contributed by atoms with Crippen LogP contribution in [-0.2, 0) is 0 Å². The van der Waals surface area contributed by atoms with Crippen molar-refractivity contribution in [1.82, 2.24) is 14.5 Å². The number of carboxylic acids is 1. The molecule has 1 aliphatic carbocycles. The fourth-order valence-corrected chi connectivity index (χ4v) is 6.39. The van der Waals surface area contributed by atoms with E-state index in [-0.39, 0.29) is 0 Å². The number of pyridine rings is 1. The van der Waals surface area contributed by atoms with Gasteiger partial charge in [-0.15, -0.1) is 11.3 Å². The van der Waals surface area contributed by atoms with Crippen LogP contribution in [0.2, 0.25) is 0 Å². The van der Waals surface area contributed by atoms with Gasteiger partial charge in [-0.1, -0.05) is 31.4 Å². The van der Waals surface area contributed by atoms with Crippen molar-refractivity contribution in [3.63, 3.8) is 0 Å². The summed E-state index contributed by atoms with van der Waals surface area (Å²) in [5, 5.41) is 12.9. The number of aromatic carboxylic acids is 1. The third kappa shape index (κ3) is 3.92. The lowest BCUT2D eigenvalue weighted by molar-refractivity contribution is 0.0697. The molecule has 0 unspecified atom stereocenters. The Morgan fingerprint density at radius 3 is 2.57 bits per heavy atom. The summed E-state index contributed by atoms with van der Waals surface area (Å²) < 4.78 is 2.16. The summed E-state index contributed by atoms with van der Waals surface area (Å²) in [5.41, 5.74) is 6.52. The van der Waals surface area contributed by atoms with Gasteiger partial charge in [-0.3, -0.25) is 0 Å². The number of hydrogen-bond acceptors (Lipinski definition) is 4. The molecule has 0 radical (unpaired) electrons. The molecule has 3 aromatic heterocycles. The first-order chi connectivity index (χ1) is 17.0. The zero-order chi connectivity index (χ0) is 24.1. The highest BCUT2D eigenvalue weighted by molar-refractivity contribution is 7.15. The maximum atomic E-state index is 11.7. The highest BCUT2D eigenvalue weighted by atomic mass is 32.1. The van der Waals surface area contributed by atoms with E-state index in [0.717, 1.165) is 48.8 Å². The van der Waals surface area contributed by atoms with Gasteiger partial charge in [0, 0.05) is 22.7 Å². The smallest absolute Gasteiger partial charge is 0.335 e. The molecule has 1 fully saturated rings. The van der Waals surface area contributed by atoms with Crippen molar-refractivity contribution >= 4 is 39.1 Å². The predicted molar refractivity (Wildman–Crippen MR) is 142 cm³/mol. The lowest BCUT2D eigenvalue weighted by Crippen LogP contribution is -2.04. The van der Waals surface area contributed by atoms with Crippen molar-refractivity contribution in [3.05, 3.63) is 76.6 Å². The lowest BCUT2D eigenvalue weighted by atomic mass is 9.84. The summed E-state index contributed by atoms with van der Waals surface area (Å²) in [6, 6.07) is 16.0. The van der Waals surface area contributed by atoms with E-state index in [1.807, 2.05) is 26.0 Å². The number of nitrogens with zero attached hydrogens (tertiary/aromatic N) is 3. The SMILES string of the molecule is Cc1nc(C)c(-c2ccc3cc(-n4cc(C5CCCCC5)c5ccc(C(=O)O)cc54)ccc3n2)s1. The molecule has 0 saturated heterocycles. The monoisotopic (exact) mass is 481 g/mol. The van der Waals surface area contributed by atoms with E-state index in [1.54, 1.807) is 17.4 Å². The highest BCUT2D eigenvalue weighted by Gasteiger charge is 2.22. The number of rotatable bonds is 4. The van der Waals surface area contributed by atoms with Crippen LogP contribution >= 0.6 is 11.3 Å². The highest BCUT2D eigenvalue weighted by Crippen LogP contribution is 2.39. The summed E-state index contributed by atoms with van der Waals surface area (Å²) >= 11 is 1.67. The number of aromatic nitrogens is 3. The molecule has 6 rings (SSSR count). The largest absolute Gasteiger partial charge is 0.478 e. The number of thiazole rings is 1. The molecule has 3 heterocycles. The van der Waals surface area contributed by atoms with Crippen LogP contribution in [0.15, 0.2) is 54.7 Å². The molecule has 0 atom stereocenters. The first-order valence-corrected chi connectivity index (χ1v) is 13.0. The van der Waals surface area contributed by atoms with Crippen LogP contribution in [0.4, 0.5) is 0 Å². The standard InChI is InChI=1S/C29H27N3O2S/c1-17-28(35-18(2)30-17)26-12-9-20-14-22(10-13-25(20)31-26)32-16-24(19-6-4-3-5-7-19)23-11-8-21(29(33)34)15-27(23)32/h8-16,19H,3-7H2,1-2H3,(H,33,34). The molecule has 1 N–H and O–H groups in total. The Balaban J connectivity index is 1.48. The van der Waals surface area contributed by atoms with Crippen molar-refractivity contribution < 1.29 is 9.90 Å². The van der Waals surface area contributed by atoms with Crippen molar-refractivity contribution in [2.45, 2.75) is 51.9 Å². The molecule has 1 aliphatic rings. The van der Waals surface area contributed by atoms with Crippen molar-refractivity contribution in [2.75, 3.05) is 0 Å². The zero-order valence-electron chi connectivity index (χ0n) is 19.9. The summed E-state index contributed by atoms with van der Waals surface area (Å²) in [7, 11) is 0. The topological polar surface area (TPSA) is 68.0 Å². The summed E-state index contributed by atoms with van der Waals surface area (Å²) in [4.78, 5) is 22.3. The van der Waals surface area contributed by atoms with E-state index in [4.69, 9.17) is 4.98 Å². The first-order valence-electron chi connectivity index (χ1n) is 12.2. The molecule has 0 aliphatic heterocycles. The van der Waals surface area contributed by atoms with Crippen LogP contribution in [0.5, 0.6) is 0 Å². The van der Waals surface area contributed by atoms with Gasteiger partial charge in [0.15, 0.2) is 0 Å². The third-order valence-electron chi connectivity index (χ3n) is 7.22. The molecule has 35 heavy (non-hydrogen) atoms. The number of fused-ring (bicyclic) bond motifs is 2. The molecule has 0 amide bonds. The molecule has 6 heteroatoms. The Labute approximate surface area is 208 Å². The minimum atomic E-state index is -0.900. The quantitative estimate of drug-likeness (QED) is 0.286. The molecule has 0 spiro atoms. The van der Waals surface area contributed by atoms with E-state index >= 15 is 0 Å². The summed E-state index contributed by atoms with van der Waals surface area (Å²) in [6.07, 6.45) is 8.44. The number of carboxylic acid groups (broad SMARTS) is 1. The molecule has 0 bridgehead atoms. The lowest BCUT2D eigenvalue weighted by Gasteiger charge is -2.21. The van der Waals surface area contributed by atoms with Crippen LogP contribution in [-0.4, -0.2) is 25.6 Å². The maximum absolute atomic E-state index is 11.7. The van der Waals surface area contributed by atoms with E-state index in [2.05, 4.69) is 46.1 Å². The van der Waals surface area contributed by atoms with Gasteiger partial charge in [-0.25, -0.2) is 14.8 Å². The second-order valence-corrected chi connectivity index (χ2v) is 10.8. The fourth-order valence-electron chi connectivity index (χ4n) is 5.50. The fraction of sp³-hybridized carbons (Fsp3) is 0.276. The Morgan fingerprint density at radius 1 is 1.00 bits per heavy atom. The van der Waals surface area contributed by atoms with Crippen LogP contribution in [0.25, 0.3) is 38.1 Å². The second kappa shape index (κ2) is 8.61. The minimum Gasteiger partial charge on any atom is -0.478 e. The molecule has 176 valence electrons. The van der Waals surface area contributed by atoms with E-state index in [1.165, 1.54) is 37.7 Å². The molecular weight excluding hydrogens is 454 g/mol. The molecule has 5 aromatic rings. The summed E-state index contributed by atoms with van der Waals surface area (Å²) in [6.45, 7) is 4.05. The predicted octanol–water partition coefficient (Wildman–Crippen LogP) is 7.66. The Bertz CT molecular complexity index is 1590. The van der Waals surface area contributed by atoms with Gasteiger partial charge in [0.1, 0.15) is 0 Å². The molecule has 2 aromatic carbocycles. The van der Waals surface area contributed by atoms with Crippen molar-refractivity contribution in [3.8, 4) is 16.3 Å². The normalized spacial score (nSPS) is 14.7. The van der Waals surface area contributed by atoms with E-state index in [9.17, 15) is 9.90 Å². The van der Waals surface area contributed by atoms with Gasteiger partial charge in [0.2, 0.25) is 0 Å². The van der Waals surface area contributed by atoms with E-state index < -0.39 is 5.97 Å². The minimum absolute atomic E-state index is 0.314. The molecule has 5 nitrogen and oxygen atoms in total.